The maximum absolute atomic E-state index is 13.5. The number of nitrogens with zero attached hydrogens (tertiary/aromatic N) is 6. The molecule has 15 heteroatoms. The zero-order chi connectivity index (χ0) is 29.4. The van der Waals surface area contributed by atoms with E-state index in [-0.39, 0.29) is 10.8 Å². The number of nitriles is 1. The summed E-state index contributed by atoms with van der Waals surface area (Å²) in [5.74, 6) is -0.0262. The first-order valence-electron chi connectivity index (χ1n) is 12.0. The molecule has 0 bridgehead atoms. The van der Waals surface area contributed by atoms with Gasteiger partial charge in [0.1, 0.15) is 24.0 Å². The first-order chi connectivity index (χ1) is 18.8. The second-order valence-corrected chi connectivity index (χ2v) is 10.8. The highest BCUT2D eigenvalue weighted by atomic mass is 79.9. The van der Waals surface area contributed by atoms with Crippen molar-refractivity contribution in [1.29, 1.82) is 5.26 Å². The molecule has 212 valence electrons. The van der Waals surface area contributed by atoms with E-state index in [1.807, 2.05) is 0 Å². The number of alkyl halides is 3. The van der Waals surface area contributed by atoms with E-state index in [0.29, 0.717) is 61.3 Å². The Morgan fingerprint density at radius 2 is 1.90 bits per heavy atom. The first-order valence-corrected chi connectivity index (χ1v) is 13.2. The highest BCUT2D eigenvalue weighted by molar-refractivity contribution is 9.10. The number of aromatic nitrogens is 1. The van der Waals surface area contributed by atoms with Crippen LogP contribution < -0.4 is 14.5 Å². The summed E-state index contributed by atoms with van der Waals surface area (Å²) in [6.07, 6.45) is -4.75. The lowest BCUT2D eigenvalue weighted by atomic mass is 10.0. The number of carbonyl (C=O) groups is 2. The van der Waals surface area contributed by atoms with Crippen molar-refractivity contribution in [3.63, 3.8) is 0 Å². The standard InChI is InChI=1S/C25H24BrF3N6O4S/c1-24(2)21(36)34(16-11-17(25(27,28)29)19(13-30)31-14-16)22(40)35(24)15-3-4-20(18(26)12-15)39-10-9-32-5-7-33(8-6-32)23(37)38/h3-4,11-12,14H,5-10H2,1-2H3,(H,37,38). The minimum atomic E-state index is -4.85. The number of rotatable bonds is 6. The number of piperazine rings is 1. The number of carbonyl (C=O) groups excluding carboxylic acids is 1. The molecule has 2 saturated heterocycles. The van der Waals surface area contributed by atoms with E-state index in [9.17, 15) is 22.8 Å². The van der Waals surface area contributed by atoms with Crippen molar-refractivity contribution in [1.82, 2.24) is 14.8 Å². The molecule has 1 N–H and O–H groups in total. The van der Waals surface area contributed by atoms with Gasteiger partial charge < -0.3 is 19.6 Å². The fourth-order valence-corrected chi connectivity index (χ4v) is 5.53. The van der Waals surface area contributed by atoms with Gasteiger partial charge in [0.05, 0.1) is 21.9 Å². The number of hydrogen-bond acceptors (Lipinski definition) is 7. The lowest BCUT2D eigenvalue weighted by Crippen LogP contribution is -2.49. The van der Waals surface area contributed by atoms with Crippen LogP contribution in [0.25, 0.3) is 0 Å². The van der Waals surface area contributed by atoms with E-state index in [1.54, 1.807) is 32.0 Å². The van der Waals surface area contributed by atoms with Gasteiger partial charge in [0.25, 0.3) is 5.91 Å². The average molecular weight is 641 g/mol. The number of carboxylic acid groups (broad SMARTS) is 1. The van der Waals surface area contributed by atoms with Gasteiger partial charge in [-0.15, -0.1) is 0 Å². The van der Waals surface area contributed by atoms with Crippen LogP contribution in [0.3, 0.4) is 0 Å². The molecule has 40 heavy (non-hydrogen) atoms. The highest BCUT2D eigenvalue weighted by Gasteiger charge is 2.51. The zero-order valence-electron chi connectivity index (χ0n) is 21.4. The maximum Gasteiger partial charge on any atom is 0.419 e. The molecule has 1 aromatic carbocycles. The van der Waals surface area contributed by atoms with Gasteiger partial charge in [-0.2, -0.15) is 18.4 Å². The van der Waals surface area contributed by atoms with Crippen LogP contribution in [0.2, 0.25) is 0 Å². The summed E-state index contributed by atoms with van der Waals surface area (Å²) in [7, 11) is 0. The van der Waals surface area contributed by atoms with Crippen LogP contribution in [0.1, 0.15) is 25.1 Å². The summed E-state index contributed by atoms with van der Waals surface area (Å²) in [6, 6.07) is 7.20. The molecule has 0 atom stereocenters. The van der Waals surface area contributed by atoms with Crippen molar-refractivity contribution >= 4 is 56.6 Å². The summed E-state index contributed by atoms with van der Waals surface area (Å²) in [6.45, 7) is 6.26. The monoisotopic (exact) mass is 640 g/mol. The van der Waals surface area contributed by atoms with Crippen LogP contribution >= 0.6 is 28.1 Å². The van der Waals surface area contributed by atoms with Crippen molar-refractivity contribution < 1.29 is 32.6 Å². The predicted molar refractivity (Wildman–Crippen MR) is 146 cm³/mol. The van der Waals surface area contributed by atoms with Gasteiger partial charge in [-0.3, -0.25) is 14.6 Å². The third-order valence-electron chi connectivity index (χ3n) is 6.69. The number of anilines is 2. The number of hydrogen-bond donors (Lipinski definition) is 1. The quantitative estimate of drug-likeness (QED) is 0.461. The molecule has 2 aliphatic heterocycles. The van der Waals surface area contributed by atoms with Crippen LogP contribution in [-0.4, -0.2) is 81.9 Å². The normalized spacial score (nSPS) is 17.8. The van der Waals surface area contributed by atoms with Gasteiger partial charge in [-0.25, -0.2) is 9.78 Å². The fraction of sp³-hybridized carbons (Fsp3) is 0.400. The van der Waals surface area contributed by atoms with Crippen LogP contribution in [-0.2, 0) is 11.0 Å². The largest absolute Gasteiger partial charge is 0.491 e. The SMILES string of the molecule is CC1(C)C(=O)N(c2cnc(C#N)c(C(F)(F)F)c2)C(=S)N1c1ccc(OCCN2CCN(C(=O)O)CC2)c(Br)c1. The van der Waals surface area contributed by atoms with Crippen molar-refractivity contribution in [3.8, 4) is 11.8 Å². The smallest absolute Gasteiger partial charge is 0.419 e. The summed E-state index contributed by atoms with van der Waals surface area (Å²) in [4.78, 5) is 34.0. The number of ether oxygens (including phenoxy) is 1. The summed E-state index contributed by atoms with van der Waals surface area (Å²) in [5, 5.41) is 18.1. The molecular weight excluding hydrogens is 617 g/mol. The van der Waals surface area contributed by atoms with E-state index in [1.165, 1.54) is 15.9 Å². The molecule has 0 saturated carbocycles. The topological polar surface area (TPSA) is 113 Å². The molecule has 0 aliphatic carbocycles. The number of pyridine rings is 1. The first kappa shape index (κ1) is 29.5. The van der Waals surface area contributed by atoms with Gasteiger partial charge in [0.2, 0.25) is 0 Å². The van der Waals surface area contributed by atoms with Gasteiger partial charge in [-0.05, 0) is 66.3 Å². The van der Waals surface area contributed by atoms with Crippen molar-refractivity contribution in [3.05, 3.63) is 46.2 Å². The van der Waals surface area contributed by atoms with Crippen LogP contribution in [0.15, 0.2) is 34.9 Å². The van der Waals surface area contributed by atoms with E-state index in [4.69, 9.17) is 27.3 Å². The second kappa shape index (κ2) is 11.2. The Labute approximate surface area is 241 Å². The van der Waals surface area contributed by atoms with E-state index >= 15 is 0 Å². The fourth-order valence-electron chi connectivity index (χ4n) is 4.53. The molecule has 2 amide bonds. The lowest BCUT2D eigenvalue weighted by molar-refractivity contribution is -0.138. The molecule has 1 aromatic heterocycles. The minimum absolute atomic E-state index is 0.0456. The van der Waals surface area contributed by atoms with E-state index < -0.39 is 35.0 Å². The second-order valence-electron chi connectivity index (χ2n) is 9.59. The minimum Gasteiger partial charge on any atom is -0.491 e. The number of halogens is 4. The maximum atomic E-state index is 13.5. The van der Waals surface area contributed by atoms with Crippen LogP contribution in [0, 0.1) is 11.3 Å². The molecule has 2 aromatic rings. The van der Waals surface area contributed by atoms with E-state index in [2.05, 4.69) is 25.8 Å². The van der Waals surface area contributed by atoms with Gasteiger partial charge >= 0.3 is 12.3 Å². The number of thiocarbonyl (C=S) groups is 1. The van der Waals surface area contributed by atoms with Crippen molar-refractivity contribution in [2.75, 3.05) is 49.1 Å². The molecule has 0 radical (unpaired) electrons. The van der Waals surface area contributed by atoms with Gasteiger partial charge in [-0.1, -0.05) is 0 Å². The van der Waals surface area contributed by atoms with E-state index in [0.717, 1.165) is 11.1 Å². The van der Waals surface area contributed by atoms with Gasteiger partial charge in [0.15, 0.2) is 10.8 Å². The molecule has 0 spiro atoms. The molecule has 4 rings (SSSR count). The van der Waals surface area contributed by atoms with Crippen molar-refractivity contribution in [2.45, 2.75) is 25.6 Å². The zero-order valence-corrected chi connectivity index (χ0v) is 23.8. The van der Waals surface area contributed by atoms with Crippen LogP contribution in [0.5, 0.6) is 5.75 Å². The molecule has 2 aliphatic rings. The molecular formula is C25H24BrF3N6O4S. The Morgan fingerprint density at radius 3 is 2.48 bits per heavy atom. The highest BCUT2D eigenvalue weighted by Crippen LogP contribution is 2.40. The Balaban J connectivity index is 1.50. The lowest BCUT2D eigenvalue weighted by Gasteiger charge is -2.33. The number of amides is 2. The summed E-state index contributed by atoms with van der Waals surface area (Å²) in [5.41, 5.74) is -2.99. The summed E-state index contributed by atoms with van der Waals surface area (Å²) < 4.78 is 47.1. The Kier molecular flexibility index (Phi) is 8.25. The Morgan fingerprint density at radius 1 is 1.23 bits per heavy atom. The number of benzene rings is 1. The third-order valence-corrected chi connectivity index (χ3v) is 7.68. The Hall–Kier alpha value is -3.48. The average Bonchev–Trinajstić information content (AvgIpc) is 3.07. The van der Waals surface area contributed by atoms with Gasteiger partial charge in [0, 0.05) is 38.4 Å². The van der Waals surface area contributed by atoms with Crippen LogP contribution in [0.4, 0.5) is 29.3 Å². The Bertz CT molecular complexity index is 1390. The predicted octanol–water partition coefficient (Wildman–Crippen LogP) is 4.33. The molecule has 0 unspecified atom stereocenters. The van der Waals surface area contributed by atoms with Crippen molar-refractivity contribution in [2.24, 2.45) is 0 Å². The molecule has 3 heterocycles. The molecule has 10 nitrogen and oxygen atoms in total. The summed E-state index contributed by atoms with van der Waals surface area (Å²) >= 11 is 9.04. The molecule has 2 fully saturated rings. The third kappa shape index (κ3) is 5.70.